The van der Waals surface area contributed by atoms with E-state index in [9.17, 15) is 4.79 Å². The summed E-state index contributed by atoms with van der Waals surface area (Å²) < 4.78 is 0. The highest BCUT2D eigenvalue weighted by atomic mass is 79.9. The van der Waals surface area contributed by atoms with Gasteiger partial charge in [-0.3, -0.25) is 4.79 Å². The number of aryl methyl sites for hydroxylation is 1. The Kier molecular flexibility index (Phi) is 4.62. The van der Waals surface area contributed by atoms with Gasteiger partial charge in [0.05, 0.1) is 5.56 Å². The lowest BCUT2D eigenvalue weighted by Gasteiger charge is -2.30. The summed E-state index contributed by atoms with van der Waals surface area (Å²) in [6.45, 7) is 1.99. The minimum Gasteiger partial charge on any atom is -0.349 e. The molecule has 1 aromatic heterocycles. The number of rotatable bonds is 3. The van der Waals surface area contributed by atoms with Crippen molar-refractivity contribution in [1.82, 2.24) is 5.32 Å². The van der Waals surface area contributed by atoms with E-state index in [-0.39, 0.29) is 5.91 Å². The molecule has 0 aliphatic heterocycles. The maximum atomic E-state index is 12.1. The summed E-state index contributed by atoms with van der Waals surface area (Å²) in [6, 6.07) is 0.343. The highest BCUT2D eigenvalue weighted by Gasteiger charge is 2.26. The number of hydrogen-bond donors (Lipinski definition) is 1. The van der Waals surface area contributed by atoms with E-state index in [1.165, 1.54) is 19.3 Å². The minimum absolute atomic E-state index is 0.0987. The smallest absolute Gasteiger partial charge is 0.252 e. The standard InChI is InChI=1S/C13H18BrNOS/c1-9-7-17-8-11(9)13(16)15-12-5-3-2-4-10(12)6-14/h7-8,10,12H,2-6H2,1H3,(H,15,16). The van der Waals surface area contributed by atoms with Crippen LogP contribution >= 0.6 is 27.3 Å². The van der Waals surface area contributed by atoms with E-state index in [4.69, 9.17) is 0 Å². The second-order valence-corrected chi connectivity index (χ2v) is 6.14. The van der Waals surface area contributed by atoms with Gasteiger partial charge in [-0.15, -0.1) is 0 Å². The number of carbonyl (C=O) groups excluding carboxylic acids is 1. The first-order chi connectivity index (χ1) is 8.22. The van der Waals surface area contributed by atoms with E-state index in [1.54, 1.807) is 11.3 Å². The molecule has 2 atom stereocenters. The minimum atomic E-state index is 0.0987. The molecule has 94 valence electrons. The third-order valence-electron chi connectivity index (χ3n) is 3.52. The van der Waals surface area contributed by atoms with Gasteiger partial charge in [0.2, 0.25) is 0 Å². The molecule has 1 amide bonds. The molecular formula is C13H18BrNOS. The van der Waals surface area contributed by atoms with E-state index < -0.39 is 0 Å². The second-order valence-electron chi connectivity index (χ2n) is 4.75. The molecular weight excluding hydrogens is 298 g/mol. The van der Waals surface area contributed by atoms with Crippen molar-refractivity contribution in [2.45, 2.75) is 38.6 Å². The monoisotopic (exact) mass is 315 g/mol. The van der Waals surface area contributed by atoms with Crippen molar-refractivity contribution >= 4 is 33.2 Å². The molecule has 0 saturated heterocycles. The lowest BCUT2D eigenvalue weighted by molar-refractivity contribution is 0.0911. The van der Waals surface area contributed by atoms with Crippen LogP contribution in [-0.4, -0.2) is 17.3 Å². The first-order valence-electron chi connectivity index (χ1n) is 6.12. The first-order valence-corrected chi connectivity index (χ1v) is 8.18. The summed E-state index contributed by atoms with van der Waals surface area (Å²) in [5.41, 5.74) is 1.92. The summed E-state index contributed by atoms with van der Waals surface area (Å²) in [4.78, 5) is 12.1. The summed E-state index contributed by atoms with van der Waals surface area (Å²) in [5.74, 6) is 0.688. The SMILES string of the molecule is Cc1cscc1C(=O)NC1CCCCC1CBr. The van der Waals surface area contributed by atoms with Gasteiger partial charge in [0.1, 0.15) is 0 Å². The Morgan fingerprint density at radius 3 is 2.88 bits per heavy atom. The largest absolute Gasteiger partial charge is 0.349 e. The third-order valence-corrected chi connectivity index (χ3v) is 5.22. The van der Waals surface area contributed by atoms with E-state index in [1.807, 2.05) is 17.7 Å². The summed E-state index contributed by atoms with van der Waals surface area (Å²) in [5, 5.41) is 8.15. The Morgan fingerprint density at radius 2 is 2.24 bits per heavy atom. The van der Waals surface area contributed by atoms with E-state index in [2.05, 4.69) is 21.2 Å². The molecule has 17 heavy (non-hydrogen) atoms. The molecule has 1 aromatic rings. The molecule has 1 N–H and O–H groups in total. The number of hydrogen-bond acceptors (Lipinski definition) is 2. The van der Waals surface area contributed by atoms with Gasteiger partial charge in [0.15, 0.2) is 0 Å². The number of alkyl halides is 1. The molecule has 1 aliphatic carbocycles. The van der Waals surface area contributed by atoms with Crippen LogP contribution in [0.25, 0.3) is 0 Å². The number of thiophene rings is 1. The van der Waals surface area contributed by atoms with Gasteiger partial charge in [-0.05, 0) is 36.6 Å². The fourth-order valence-electron chi connectivity index (χ4n) is 2.42. The second kappa shape index (κ2) is 6.01. The first kappa shape index (κ1) is 13.1. The predicted molar refractivity (Wildman–Crippen MR) is 76.1 cm³/mol. The van der Waals surface area contributed by atoms with Crippen molar-refractivity contribution in [3.8, 4) is 0 Å². The van der Waals surface area contributed by atoms with Crippen LogP contribution in [0, 0.1) is 12.8 Å². The lowest BCUT2D eigenvalue weighted by atomic mass is 9.86. The molecule has 0 aromatic carbocycles. The van der Waals surface area contributed by atoms with Crippen LogP contribution in [0.15, 0.2) is 10.8 Å². The number of amides is 1. The van der Waals surface area contributed by atoms with Crippen molar-refractivity contribution in [3.63, 3.8) is 0 Å². The molecule has 0 radical (unpaired) electrons. The highest BCUT2D eigenvalue weighted by molar-refractivity contribution is 9.09. The van der Waals surface area contributed by atoms with Gasteiger partial charge in [0, 0.05) is 16.8 Å². The fourth-order valence-corrected chi connectivity index (χ4v) is 4.02. The van der Waals surface area contributed by atoms with Crippen LogP contribution in [0.1, 0.15) is 41.6 Å². The Hall–Kier alpha value is -0.350. The normalized spacial score (nSPS) is 24.6. The van der Waals surface area contributed by atoms with Gasteiger partial charge >= 0.3 is 0 Å². The van der Waals surface area contributed by atoms with Crippen molar-refractivity contribution in [1.29, 1.82) is 0 Å². The van der Waals surface area contributed by atoms with Crippen LogP contribution < -0.4 is 5.32 Å². The fraction of sp³-hybridized carbons (Fsp3) is 0.615. The van der Waals surface area contributed by atoms with E-state index in [0.29, 0.717) is 12.0 Å². The van der Waals surface area contributed by atoms with Crippen molar-refractivity contribution in [2.24, 2.45) is 5.92 Å². The average Bonchev–Trinajstić information content (AvgIpc) is 2.76. The molecule has 2 nitrogen and oxygen atoms in total. The predicted octanol–water partition coefficient (Wildman–Crippen LogP) is 3.74. The zero-order valence-corrected chi connectivity index (χ0v) is 12.4. The highest BCUT2D eigenvalue weighted by Crippen LogP contribution is 2.26. The van der Waals surface area contributed by atoms with Gasteiger partial charge in [-0.1, -0.05) is 28.8 Å². The Morgan fingerprint density at radius 1 is 1.47 bits per heavy atom. The lowest BCUT2D eigenvalue weighted by Crippen LogP contribution is -2.42. The van der Waals surface area contributed by atoms with Gasteiger partial charge in [0.25, 0.3) is 5.91 Å². The maximum Gasteiger partial charge on any atom is 0.252 e. The van der Waals surface area contributed by atoms with Crippen LogP contribution in [0.2, 0.25) is 0 Å². The Bertz CT molecular complexity index is 391. The number of nitrogens with one attached hydrogen (secondary N) is 1. The average molecular weight is 316 g/mol. The topological polar surface area (TPSA) is 29.1 Å². The van der Waals surface area contributed by atoms with Crippen LogP contribution in [0.4, 0.5) is 0 Å². The molecule has 1 fully saturated rings. The summed E-state index contributed by atoms with van der Waals surface area (Å²) >= 11 is 5.15. The van der Waals surface area contributed by atoms with Crippen LogP contribution in [-0.2, 0) is 0 Å². The molecule has 1 aliphatic rings. The van der Waals surface area contributed by atoms with Crippen molar-refractivity contribution < 1.29 is 4.79 Å². The molecule has 1 heterocycles. The quantitative estimate of drug-likeness (QED) is 0.846. The summed E-state index contributed by atoms with van der Waals surface area (Å²) in [6.07, 6.45) is 4.86. The Labute approximate surface area is 115 Å². The number of carbonyl (C=O) groups is 1. The van der Waals surface area contributed by atoms with E-state index in [0.717, 1.165) is 22.9 Å². The Balaban J connectivity index is 2.00. The summed E-state index contributed by atoms with van der Waals surface area (Å²) in [7, 11) is 0. The molecule has 0 bridgehead atoms. The molecule has 2 unspecified atom stereocenters. The van der Waals surface area contributed by atoms with Gasteiger partial charge in [-0.25, -0.2) is 0 Å². The molecule has 2 rings (SSSR count). The third kappa shape index (κ3) is 3.10. The zero-order chi connectivity index (χ0) is 12.3. The molecule has 4 heteroatoms. The number of halogens is 1. The molecule has 1 saturated carbocycles. The van der Waals surface area contributed by atoms with E-state index >= 15 is 0 Å². The van der Waals surface area contributed by atoms with Crippen molar-refractivity contribution in [2.75, 3.05) is 5.33 Å². The maximum absolute atomic E-state index is 12.1. The van der Waals surface area contributed by atoms with Crippen LogP contribution in [0.3, 0.4) is 0 Å². The van der Waals surface area contributed by atoms with Crippen LogP contribution in [0.5, 0.6) is 0 Å². The zero-order valence-electron chi connectivity index (χ0n) is 10.0. The van der Waals surface area contributed by atoms with Gasteiger partial charge < -0.3 is 5.32 Å². The van der Waals surface area contributed by atoms with Gasteiger partial charge in [-0.2, -0.15) is 11.3 Å². The van der Waals surface area contributed by atoms with Crippen molar-refractivity contribution in [3.05, 3.63) is 21.9 Å². The molecule has 0 spiro atoms.